The minimum absolute atomic E-state index is 0.167. The van der Waals surface area contributed by atoms with E-state index in [4.69, 9.17) is 9.97 Å². The third kappa shape index (κ3) is 4.30. The van der Waals surface area contributed by atoms with Crippen LogP contribution < -0.4 is 10.6 Å². The largest absolute Gasteiger partial charge is 0.396 e. The van der Waals surface area contributed by atoms with Gasteiger partial charge in [0.05, 0.1) is 27.9 Å². The van der Waals surface area contributed by atoms with E-state index in [0.29, 0.717) is 24.2 Å². The van der Waals surface area contributed by atoms with Crippen LogP contribution in [0, 0.1) is 5.92 Å². The second-order valence-corrected chi connectivity index (χ2v) is 9.86. The van der Waals surface area contributed by atoms with Crippen molar-refractivity contribution in [2.24, 2.45) is 5.92 Å². The molecule has 0 aliphatic heterocycles. The number of nitrogens with one attached hydrogen (secondary N) is 2. The third-order valence-electron chi connectivity index (χ3n) is 6.61. The van der Waals surface area contributed by atoms with Gasteiger partial charge >= 0.3 is 0 Å². The van der Waals surface area contributed by atoms with Crippen LogP contribution in [-0.4, -0.2) is 61.2 Å². The summed E-state index contributed by atoms with van der Waals surface area (Å²) in [4.78, 5) is 14.1. The number of rotatable bonds is 6. The van der Waals surface area contributed by atoms with Gasteiger partial charge in [0.1, 0.15) is 16.9 Å². The lowest BCUT2D eigenvalue weighted by molar-refractivity contribution is 0.00446. The Morgan fingerprint density at radius 2 is 1.81 bits per heavy atom. The Kier molecular flexibility index (Phi) is 6.23. The molecule has 32 heavy (non-hydrogen) atoms. The second kappa shape index (κ2) is 9.27. The number of thiazole rings is 1. The molecule has 8 nitrogen and oxygen atoms in total. The maximum absolute atomic E-state index is 10.5. The zero-order chi connectivity index (χ0) is 22.1. The first-order valence-corrected chi connectivity index (χ1v) is 12.2. The lowest BCUT2D eigenvalue weighted by Gasteiger charge is -2.24. The minimum atomic E-state index is -0.986. The van der Waals surface area contributed by atoms with Crippen molar-refractivity contribution in [1.82, 2.24) is 15.0 Å². The van der Waals surface area contributed by atoms with E-state index in [1.807, 2.05) is 24.3 Å². The molecule has 2 aliphatic carbocycles. The van der Waals surface area contributed by atoms with Gasteiger partial charge in [0.15, 0.2) is 0 Å². The van der Waals surface area contributed by atoms with E-state index >= 15 is 0 Å². The molecule has 0 spiro atoms. The molecular weight excluding hydrogens is 426 g/mol. The molecular formula is C23H29N5O3S. The van der Waals surface area contributed by atoms with Crippen LogP contribution in [0.2, 0.25) is 0 Å². The van der Waals surface area contributed by atoms with Gasteiger partial charge in [-0.25, -0.2) is 9.97 Å². The highest BCUT2D eigenvalue weighted by Gasteiger charge is 2.41. The summed E-state index contributed by atoms with van der Waals surface area (Å²) in [6.45, 7) is -0.167. The molecule has 4 atom stereocenters. The number of nitrogens with zero attached hydrogens (tertiary/aromatic N) is 3. The van der Waals surface area contributed by atoms with E-state index in [1.54, 1.807) is 17.5 Å². The Morgan fingerprint density at radius 1 is 1.00 bits per heavy atom. The van der Waals surface area contributed by atoms with Crippen LogP contribution in [0.3, 0.4) is 0 Å². The Bertz CT molecular complexity index is 1040. The molecule has 0 unspecified atom stereocenters. The van der Waals surface area contributed by atoms with Crippen molar-refractivity contribution in [2.45, 2.75) is 62.8 Å². The molecule has 5 N–H and O–H groups in total. The van der Waals surface area contributed by atoms with Crippen molar-refractivity contribution in [3.63, 3.8) is 0 Å². The summed E-state index contributed by atoms with van der Waals surface area (Å²) >= 11 is 1.57. The van der Waals surface area contributed by atoms with Gasteiger partial charge in [0.2, 0.25) is 5.95 Å². The summed E-state index contributed by atoms with van der Waals surface area (Å²) in [5.41, 5.74) is 1.68. The normalized spacial score (nSPS) is 26.5. The SMILES string of the molecule is OC[C@H]1C[C@@H](Nc2nc(NC3CCCCC3)ncc2-c2nc3ccccc3s2)[C@H](O)[C@@H]1O. The number of aromatic nitrogens is 3. The van der Waals surface area contributed by atoms with Crippen LogP contribution in [0.15, 0.2) is 30.5 Å². The number of benzene rings is 1. The second-order valence-electron chi connectivity index (χ2n) is 8.83. The van der Waals surface area contributed by atoms with Crippen LogP contribution in [0.25, 0.3) is 20.8 Å². The topological polar surface area (TPSA) is 123 Å². The van der Waals surface area contributed by atoms with Gasteiger partial charge in [-0.1, -0.05) is 31.4 Å². The quantitative estimate of drug-likeness (QED) is 0.384. The van der Waals surface area contributed by atoms with Gasteiger partial charge in [-0.3, -0.25) is 0 Å². The molecule has 2 saturated carbocycles. The molecule has 2 aliphatic rings. The highest BCUT2D eigenvalue weighted by atomic mass is 32.1. The van der Waals surface area contributed by atoms with Crippen molar-refractivity contribution >= 4 is 33.3 Å². The Balaban J connectivity index is 1.47. The van der Waals surface area contributed by atoms with Crippen molar-refractivity contribution in [3.05, 3.63) is 30.5 Å². The summed E-state index contributed by atoms with van der Waals surface area (Å²) in [5, 5.41) is 37.9. The van der Waals surface area contributed by atoms with E-state index in [0.717, 1.165) is 33.6 Å². The van der Waals surface area contributed by atoms with Gasteiger partial charge in [-0.2, -0.15) is 4.98 Å². The van der Waals surface area contributed by atoms with Crippen molar-refractivity contribution in [1.29, 1.82) is 0 Å². The predicted molar refractivity (Wildman–Crippen MR) is 126 cm³/mol. The summed E-state index contributed by atoms with van der Waals surface area (Å²) in [5.74, 6) is 0.762. The Hall–Kier alpha value is -2.33. The van der Waals surface area contributed by atoms with Crippen molar-refractivity contribution < 1.29 is 15.3 Å². The Labute approximate surface area is 190 Å². The summed E-state index contributed by atoms with van der Waals surface area (Å²) in [6, 6.07) is 7.90. The smallest absolute Gasteiger partial charge is 0.224 e. The van der Waals surface area contributed by atoms with E-state index in [-0.39, 0.29) is 12.5 Å². The van der Waals surface area contributed by atoms with E-state index in [9.17, 15) is 15.3 Å². The van der Waals surface area contributed by atoms with Crippen LogP contribution in [0.5, 0.6) is 0 Å². The number of hydrogen-bond donors (Lipinski definition) is 5. The molecule has 5 rings (SSSR count). The van der Waals surface area contributed by atoms with Crippen molar-refractivity contribution in [3.8, 4) is 10.6 Å². The number of anilines is 2. The fourth-order valence-electron chi connectivity index (χ4n) is 4.76. The zero-order valence-corrected chi connectivity index (χ0v) is 18.6. The summed E-state index contributed by atoms with van der Waals surface area (Å²) in [6.07, 6.45) is 6.19. The summed E-state index contributed by atoms with van der Waals surface area (Å²) in [7, 11) is 0. The molecule has 170 valence electrons. The minimum Gasteiger partial charge on any atom is -0.396 e. The van der Waals surface area contributed by atoms with Gasteiger partial charge in [0.25, 0.3) is 0 Å². The van der Waals surface area contributed by atoms with Crippen LogP contribution >= 0.6 is 11.3 Å². The molecule has 2 heterocycles. The standard InChI is InChI=1S/C23H29N5O3S/c29-12-13-10-17(20(31)19(13)30)26-21-15(22-27-16-8-4-5-9-18(16)32-22)11-24-23(28-21)25-14-6-2-1-3-7-14/h4-5,8-9,11,13-14,17,19-20,29-31H,1-3,6-7,10,12H2,(H2,24,25,26,28)/t13-,17-,19-,20+/m1/s1. The van der Waals surface area contributed by atoms with E-state index in [1.165, 1.54) is 19.3 Å². The maximum atomic E-state index is 10.5. The average Bonchev–Trinajstić information content (AvgIpc) is 3.36. The van der Waals surface area contributed by atoms with Crippen LogP contribution in [0.4, 0.5) is 11.8 Å². The van der Waals surface area contributed by atoms with Crippen LogP contribution in [-0.2, 0) is 0 Å². The molecule has 0 amide bonds. The lowest BCUT2D eigenvalue weighted by Crippen LogP contribution is -2.35. The molecule has 9 heteroatoms. The lowest BCUT2D eigenvalue weighted by atomic mass is 9.96. The third-order valence-corrected chi connectivity index (χ3v) is 7.68. The highest BCUT2D eigenvalue weighted by Crippen LogP contribution is 2.36. The fourth-order valence-corrected chi connectivity index (χ4v) is 5.74. The van der Waals surface area contributed by atoms with Gasteiger partial charge in [-0.15, -0.1) is 11.3 Å². The molecule has 2 aromatic heterocycles. The first-order chi connectivity index (χ1) is 15.6. The number of fused-ring (bicyclic) bond motifs is 1. The van der Waals surface area contributed by atoms with Gasteiger partial charge in [-0.05, 0) is 31.4 Å². The molecule has 2 fully saturated rings. The van der Waals surface area contributed by atoms with E-state index in [2.05, 4.69) is 15.6 Å². The predicted octanol–water partition coefficient (Wildman–Crippen LogP) is 3.01. The monoisotopic (exact) mass is 455 g/mol. The molecule has 3 aromatic rings. The first kappa shape index (κ1) is 21.5. The molecule has 1 aromatic carbocycles. The van der Waals surface area contributed by atoms with Gasteiger partial charge in [0, 0.05) is 24.8 Å². The number of para-hydroxylation sites is 1. The van der Waals surface area contributed by atoms with E-state index < -0.39 is 18.2 Å². The summed E-state index contributed by atoms with van der Waals surface area (Å²) < 4.78 is 1.08. The van der Waals surface area contributed by atoms with Gasteiger partial charge < -0.3 is 26.0 Å². The van der Waals surface area contributed by atoms with Crippen molar-refractivity contribution in [2.75, 3.05) is 17.2 Å². The number of aliphatic hydroxyl groups is 3. The number of aliphatic hydroxyl groups excluding tert-OH is 3. The maximum Gasteiger partial charge on any atom is 0.224 e. The highest BCUT2D eigenvalue weighted by molar-refractivity contribution is 7.21. The average molecular weight is 456 g/mol. The molecule has 0 bridgehead atoms. The molecule has 0 radical (unpaired) electrons. The Morgan fingerprint density at radius 3 is 2.56 bits per heavy atom. The fraction of sp³-hybridized carbons (Fsp3) is 0.522. The zero-order valence-electron chi connectivity index (χ0n) is 17.8. The number of hydrogen-bond acceptors (Lipinski definition) is 9. The first-order valence-electron chi connectivity index (χ1n) is 11.4. The van der Waals surface area contributed by atoms with Crippen LogP contribution in [0.1, 0.15) is 38.5 Å². The molecule has 0 saturated heterocycles.